The number of hydrogen-bond donors (Lipinski definition) is 0. The molecule has 0 unspecified atom stereocenters. The molecule has 2 aliphatic rings. The maximum absolute atomic E-state index is 6.06. The van der Waals surface area contributed by atoms with Gasteiger partial charge in [-0.15, -0.1) is 10.2 Å². The van der Waals surface area contributed by atoms with E-state index in [4.69, 9.17) is 13.9 Å². The normalized spacial score (nSPS) is 24.1. The van der Waals surface area contributed by atoms with Crippen LogP contribution in [-0.4, -0.2) is 80.1 Å². The minimum absolute atomic E-state index is 0.453. The summed E-state index contributed by atoms with van der Waals surface area (Å²) >= 11 is 0. The first-order valence-electron chi connectivity index (χ1n) is 13.1. The van der Waals surface area contributed by atoms with Crippen LogP contribution in [0.25, 0.3) is 11.5 Å². The Hall–Kier alpha value is -2.22. The lowest BCUT2D eigenvalue weighted by Gasteiger charge is -2.41. The molecule has 0 spiro atoms. The summed E-state index contributed by atoms with van der Waals surface area (Å²) in [6, 6.07) is 7.75. The molecule has 1 aliphatic heterocycles. The molecule has 4 rings (SSSR count). The van der Waals surface area contributed by atoms with Gasteiger partial charge in [-0.1, -0.05) is 25.5 Å². The molecular formula is C28H42N4O3. The van der Waals surface area contributed by atoms with Crippen molar-refractivity contribution >= 4 is 0 Å². The summed E-state index contributed by atoms with van der Waals surface area (Å²) in [5.74, 6) is 4.48. The number of ether oxygens (including phenoxy) is 2. The summed E-state index contributed by atoms with van der Waals surface area (Å²) in [6.07, 6.45) is 4.54. The molecule has 7 nitrogen and oxygen atoms in total. The third kappa shape index (κ3) is 6.72. The third-order valence-electron chi connectivity index (χ3n) is 7.85. The summed E-state index contributed by atoms with van der Waals surface area (Å²) in [7, 11) is 3.45. The van der Waals surface area contributed by atoms with Crippen LogP contribution < -0.4 is 4.74 Å². The smallest absolute Gasteiger partial charge is 0.247 e. The minimum Gasteiger partial charge on any atom is -0.497 e. The number of hydrogen-bond acceptors (Lipinski definition) is 7. The molecule has 192 valence electrons. The molecular weight excluding hydrogens is 440 g/mol. The standard InChI is InChI=1S/C28H42N4O3/c1-20(2)26-17-23(18-27-29-30-28(35-27)22-6-8-25(34-5)9-7-22)21(3)16-24(26)19-32-12-10-31(11-13-32)14-15-33-4/h6-9,16,20,23-24,26H,10-15,17-19H2,1-5H3/t23-,24-,26-/m0/s1. The van der Waals surface area contributed by atoms with Crippen molar-refractivity contribution in [1.82, 2.24) is 20.0 Å². The van der Waals surface area contributed by atoms with Gasteiger partial charge in [0.25, 0.3) is 0 Å². The first kappa shape index (κ1) is 25.9. The molecule has 0 saturated carbocycles. The lowest BCUT2D eigenvalue weighted by Crippen LogP contribution is -2.49. The molecule has 2 aromatic rings. The highest BCUT2D eigenvalue weighted by Gasteiger charge is 2.34. The monoisotopic (exact) mass is 482 g/mol. The van der Waals surface area contributed by atoms with Crippen molar-refractivity contribution in [3.63, 3.8) is 0 Å². The van der Waals surface area contributed by atoms with Crippen LogP contribution in [0.5, 0.6) is 5.75 Å². The van der Waals surface area contributed by atoms with Gasteiger partial charge < -0.3 is 18.8 Å². The Morgan fingerprint density at radius 1 is 1.03 bits per heavy atom. The van der Waals surface area contributed by atoms with Crippen molar-refractivity contribution in [3.8, 4) is 17.2 Å². The SMILES string of the molecule is COCCN1CCN(C[C@@H]2C=C(C)[C@H](Cc3nnc(-c4ccc(OC)cc4)o3)C[C@H]2C(C)C)CC1. The van der Waals surface area contributed by atoms with Crippen molar-refractivity contribution in [2.75, 3.05) is 60.1 Å². The van der Waals surface area contributed by atoms with Gasteiger partial charge in [-0.3, -0.25) is 4.90 Å². The van der Waals surface area contributed by atoms with Crippen LogP contribution in [0.4, 0.5) is 0 Å². The highest BCUT2D eigenvalue weighted by molar-refractivity contribution is 5.53. The zero-order valence-electron chi connectivity index (χ0n) is 22.1. The molecule has 1 fully saturated rings. The van der Waals surface area contributed by atoms with Gasteiger partial charge in [0, 0.05) is 58.4 Å². The molecule has 1 aromatic carbocycles. The first-order valence-corrected chi connectivity index (χ1v) is 13.1. The topological polar surface area (TPSA) is 63.9 Å². The van der Waals surface area contributed by atoms with E-state index in [1.807, 2.05) is 24.3 Å². The van der Waals surface area contributed by atoms with Gasteiger partial charge in [-0.2, -0.15) is 0 Å². The molecule has 3 atom stereocenters. The van der Waals surface area contributed by atoms with Crippen LogP contribution in [0.15, 0.2) is 40.3 Å². The van der Waals surface area contributed by atoms with Crippen LogP contribution in [-0.2, 0) is 11.2 Å². The zero-order valence-corrected chi connectivity index (χ0v) is 22.1. The van der Waals surface area contributed by atoms with Gasteiger partial charge in [-0.25, -0.2) is 0 Å². The van der Waals surface area contributed by atoms with E-state index in [0.717, 1.165) is 69.5 Å². The quantitative estimate of drug-likeness (QED) is 0.465. The minimum atomic E-state index is 0.453. The van der Waals surface area contributed by atoms with Crippen molar-refractivity contribution in [2.45, 2.75) is 33.6 Å². The molecule has 1 aromatic heterocycles. The van der Waals surface area contributed by atoms with E-state index in [1.165, 1.54) is 12.0 Å². The lowest BCUT2D eigenvalue weighted by molar-refractivity contribution is 0.0798. The highest BCUT2D eigenvalue weighted by Crippen LogP contribution is 2.39. The number of methoxy groups -OCH3 is 2. The van der Waals surface area contributed by atoms with E-state index in [9.17, 15) is 0 Å². The fraction of sp³-hybridized carbons (Fsp3) is 0.643. The highest BCUT2D eigenvalue weighted by atomic mass is 16.5. The van der Waals surface area contributed by atoms with E-state index >= 15 is 0 Å². The lowest BCUT2D eigenvalue weighted by atomic mass is 9.69. The number of benzene rings is 1. The van der Waals surface area contributed by atoms with Gasteiger partial charge in [0.15, 0.2) is 0 Å². The van der Waals surface area contributed by atoms with E-state index in [-0.39, 0.29) is 0 Å². The first-order chi connectivity index (χ1) is 17.0. The Morgan fingerprint density at radius 3 is 2.40 bits per heavy atom. The maximum Gasteiger partial charge on any atom is 0.247 e. The second kappa shape index (κ2) is 12.2. The Bertz CT molecular complexity index is 947. The molecule has 7 heteroatoms. The van der Waals surface area contributed by atoms with Crippen LogP contribution in [0, 0.1) is 23.7 Å². The van der Waals surface area contributed by atoms with Gasteiger partial charge in [0.05, 0.1) is 13.7 Å². The summed E-state index contributed by atoms with van der Waals surface area (Å²) in [6.45, 7) is 14.6. The molecule has 1 saturated heterocycles. The number of piperazine rings is 1. The number of rotatable bonds is 10. The van der Waals surface area contributed by atoms with Gasteiger partial charge in [0.1, 0.15) is 5.75 Å². The fourth-order valence-corrected chi connectivity index (χ4v) is 5.60. The molecule has 1 aliphatic carbocycles. The number of allylic oxidation sites excluding steroid dienone is 1. The zero-order chi connectivity index (χ0) is 24.8. The van der Waals surface area contributed by atoms with Gasteiger partial charge in [-0.05, 0) is 61.3 Å². The Balaban J connectivity index is 1.37. The average Bonchev–Trinajstić information content (AvgIpc) is 3.33. The maximum atomic E-state index is 6.06. The van der Waals surface area contributed by atoms with Gasteiger partial charge in [0.2, 0.25) is 11.8 Å². The molecule has 0 bridgehead atoms. The van der Waals surface area contributed by atoms with E-state index in [0.29, 0.717) is 29.6 Å². The van der Waals surface area contributed by atoms with E-state index in [1.54, 1.807) is 14.2 Å². The molecule has 0 amide bonds. The Kier molecular flexibility index (Phi) is 8.98. The fourth-order valence-electron chi connectivity index (χ4n) is 5.60. The molecule has 2 heterocycles. The van der Waals surface area contributed by atoms with Crippen LogP contribution in [0.2, 0.25) is 0 Å². The number of aromatic nitrogens is 2. The predicted molar refractivity (Wildman–Crippen MR) is 138 cm³/mol. The van der Waals surface area contributed by atoms with Crippen LogP contribution >= 0.6 is 0 Å². The van der Waals surface area contributed by atoms with Crippen molar-refractivity contribution in [2.24, 2.45) is 23.7 Å². The van der Waals surface area contributed by atoms with Crippen LogP contribution in [0.3, 0.4) is 0 Å². The second-order valence-electron chi connectivity index (χ2n) is 10.5. The summed E-state index contributed by atoms with van der Waals surface area (Å²) in [5, 5.41) is 8.69. The summed E-state index contributed by atoms with van der Waals surface area (Å²) < 4.78 is 16.6. The Morgan fingerprint density at radius 2 is 1.74 bits per heavy atom. The van der Waals surface area contributed by atoms with Crippen molar-refractivity contribution < 1.29 is 13.9 Å². The second-order valence-corrected chi connectivity index (χ2v) is 10.5. The summed E-state index contributed by atoms with van der Waals surface area (Å²) in [5.41, 5.74) is 2.39. The average molecular weight is 483 g/mol. The van der Waals surface area contributed by atoms with Crippen molar-refractivity contribution in [3.05, 3.63) is 41.8 Å². The van der Waals surface area contributed by atoms with Crippen molar-refractivity contribution in [1.29, 1.82) is 0 Å². The number of nitrogens with zero attached hydrogens (tertiary/aromatic N) is 4. The predicted octanol–water partition coefficient (Wildman–Crippen LogP) is 4.41. The Labute approximate surface area is 210 Å². The third-order valence-corrected chi connectivity index (χ3v) is 7.85. The molecule has 0 N–H and O–H groups in total. The largest absolute Gasteiger partial charge is 0.497 e. The molecule has 0 radical (unpaired) electrons. The summed E-state index contributed by atoms with van der Waals surface area (Å²) in [4.78, 5) is 5.18. The van der Waals surface area contributed by atoms with Crippen LogP contribution in [0.1, 0.15) is 33.1 Å². The van der Waals surface area contributed by atoms with E-state index in [2.05, 4.69) is 46.8 Å². The van der Waals surface area contributed by atoms with Gasteiger partial charge >= 0.3 is 0 Å². The van der Waals surface area contributed by atoms with E-state index < -0.39 is 0 Å². The molecule has 35 heavy (non-hydrogen) atoms.